The number of methoxy groups -OCH3 is 2. The third-order valence-electron chi connectivity index (χ3n) is 3.46. The zero-order valence-corrected chi connectivity index (χ0v) is 12.8. The van der Waals surface area contributed by atoms with Crippen molar-refractivity contribution in [3.63, 3.8) is 0 Å². The van der Waals surface area contributed by atoms with Crippen LogP contribution < -0.4 is 9.47 Å². The molecule has 3 rings (SSSR count). The van der Waals surface area contributed by atoms with Crippen LogP contribution in [0.25, 0.3) is 22.3 Å². The molecule has 0 unspecified atom stereocenters. The predicted octanol–water partition coefficient (Wildman–Crippen LogP) is 5.10. The molecule has 0 fully saturated rings. The van der Waals surface area contributed by atoms with Gasteiger partial charge in [-0.25, -0.2) is 0 Å². The second-order valence-electron chi connectivity index (χ2n) is 4.66. The summed E-state index contributed by atoms with van der Waals surface area (Å²) in [4.78, 5) is 0. The fourth-order valence-corrected chi connectivity index (χ4v) is 3.15. The maximum Gasteiger partial charge on any atom is 0.118 e. The number of rotatable bonds is 4. The fourth-order valence-electron chi connectivity index (χ4n) is 2.29. The van der Waals surface area contributed by atoms with Crippen LogP contribution in [0.2, 0.25) is 0 Å². The van der Waals surface area contributed by atoms with E-state index in [-0.39, 0.29) is 0 Å². The molecular weight excluding hydrogens is 280 g/mol. The Kier molecular flexibility index (Phi) is 3.93. The zero-order valence-electron chi connectivity index (χ0n) is 12.0. The van der Waals surface area contributed by atoms with E-state index in [1.165, 1.54) is 22.3 Å². The third-order valence-corrected chi connectivity index (χ3v) is 4.21. The molecule has 0 aliphatic rings. The summed E-state index contributed by atoms with van der Waals surface area (Å²) in [7, 11) is 3.37. The van der Waals surface area contributed by atoms with Gasteiger partial charge in [-0.05, 0) is 46.2 Å². The van der Waals surface area contributed by atoms with Crippen LogP contribution in [-0.4, -0.2) is 14.2 Å². The molecule has 0 amide bonds. The number of hydrogen-bond donors (Lipinski definition) is 0. The van der Waals surface area contributed by atoms with Gasteiger partial charge in [0, 0.05) is 11.1 Å². The van der Waals surface area contributed by atoms with E-state index in [2.05, 4.69) is 35.0 Å². The average molecular weight is 296 g/mol. The molecule has 0 radical (unpaired) electrons. The van der Waals surface area contributed by atoms with Gasteiger partial charge in [-0.1, -0.05) is 24.3 Å². The van der Waals surface area contributed by atoms with E-state index in [0.29, 0.717) is 0 Å². The molecule has 1 aromatic heterocycles. The van der Waals surface area contributed by atoms with Crippen molar-refractivity contribution in [1.82, 2.24) is 0 Å². The quantitative estimate of drug-likeness (QED) is 0.667. The number of ether oxygens (including phenoxy) is 2. The Hall–Kier alpha value is -2.26. The molecule has 0 atom stereocenters. The molecule has 106 valence electrons. The Labute approximate surface area is 128 Å². The summed E-state index contributed by atoms with van der Waals surface area (Å²) in [6.07, 6.45) is 0. The van der Waals surface area contributed by atoms with E-state index in [0.717, 1.165) is 11.5 Å². The second-order valence-corrected chi connectivity index (χ2v) is 5.40. The summed E-state index contributed by atoms with van der Waals surface area (Å²) in [5.74, 6) is 1.75. The minimum Gasteiger partial charge on any atom is -0.497 e. The van der Waals surface area contributed by atoms with Crippen molar-refractivity contribution in [2.45, 2.75) is 0 Å². The summed E-state index contributed by atoms with van der Waals surface area (Å²) < 4.78 is 10.4. The van der Waals surface area contributed by atoms with E-state index in [9.17, 15) is 0 Å². The van der Waals surface area contributed by atoms with Crippen molar-refractivity contribution in [1.29, 1.82) is 0 Å². The monoisotopic (exact) mass is 296 g/mol. The number of thiophene rings is 1. The summed E-state index contributed by atoms with van der Waals surface area (Å²) in [6, 6.07) is 16.3. The van der Waals surface area contributed by atoms with E-state index in [1.807, 2.05) is 24.3 Å². The Bertz CT molecular complexity index is 650. The SMILES string of the molecule is COc1ccc(-c2cscc2-c2ccc(OC)cc2)cc1. The molecule has 2 aromatic carbocycles. The smallest absolute Gasteiger partial charge is 0.118 e. The van der Waals surface area contributed by atoms with Crippen molar-refractivity contribution in [3.8, 4) is 33.8 Å². The molecular formula is C18H16O2S. The number of benzene rings is 2. The van der Waals surface area contributed by atoms with Gasteiger partial charge in [0.2, 0.25) is 0 Å². The summed E-state index contributed by atoms with van der Waals surface area (Å²) >= 11 is 1.71. The molecule has 3 aromatic rings. The standard InChI is InChI=1S/C18H16O2S/c1-19-15-7-3-13(4-8-15)17-11-21-12-18(17)14-5-9-16(20-2)10-6-14/h3-12H,1-2H3. The first-order valence-corrected chi connectivity index (χ1v) is 7.61. The number of hydrogen-bond acceptors (Lipinski definition) is 3. The van der Waals surface area contributed by atoms with Crippen molar-refractivity contribution in [2.75, 3.05) is 14.2 Å². The normalized spacial score (nSPS) is 10.4. The Morgan fingerprint density at radius 1 is 0.619 bits per heavy atom. The Balaban J connectivity index is 1.99. The largest absolute Gasteiger partial charge is 0.497 e. The van der Waals surface area contributed by atoms with Gasteiger partial charge in [0.25, 0.3) is 0 Å². The molecule has 0 bridgehead atoms. The van der Waals surface area contributed by atoms with Crippen LogP contribution in [0.15, 0.2) is 59.3 Å². The lowest BCUT2D eigenvalue weighted by Crippen LogP contribution is -1.84. The molecule has 0 aliphatic heterocycles. The first-order valence-electron chi connectivity index (χ1n) is 6.67. The maximum atomic E-state index is 5.22. The van der Waals surface area contributed by atoms with E-state index < -0.39 is 0 Å². The van der Waals surface area contributed by atoms with E-state index in [1.54, 1.807) is 25.6 Å². The van der Waals surface area contributed by atoms with E-state index >= 15 is 0 Å². The van der Waals surface area contributed by atoms with E-state index in [4.69, 9.17) is 9.47 Å². The zero-order chi connectivity index (χ0) is 14.7. The van der Waals surface area contributed by atoms with Gasteiger partial charge in [0.1, 0.15) is 11.5 Å². The van der Waals surface area contributed by atoms with Crippen LogP contribution in [0.1, 0.15) is 0 Å². The maximum absolute atomic E-state index is 5.22. The van der Waals surface area contributed by atoms with Gasteiger partial charge >= 0.3 is 0 Å². The highest BCUT2D eigenvalue weighted by atomic mass is 32.1. The van der Waals surface area contributed by atoms with Crippen LogP contribution in [0.5, 0.6) is 11.5 Å². The molecule has 0 saturated heterocycles. The highest BCUT2D eigenvalue weighted by molar-refractivity contribution is 7.08. The van der Waals surface area contributed by atoms with Crippen molar-refractivity contribution < 1.29 is 9.47 Å². The summed E-state index contributed by atoms with van der Waals surface area (Å²) in [5.41, 5.74) is 4.88. The molecule has 0 spiro atoms. The average Bonchev–Trinajstić information content (AvgIpc) is 3.04. The minimum atomic E-state index is 0.875. The van der Waals surface area contributed by atoms with Gasteiger partial charge in [0.05, 0.1) is 14.2 Å². The molecule has 2 nitrogen and oxygen atoms in total. The van der Waals surface area contributed by atoms with Crippen molar-refractivity contribution in [3.05, 3.63) is 59.3 Å². The third kappa shape index (κ3) is 2.78. The first kappa shape index (κ1) is 13.7. The van der Waals surface area contributed by atoms with Gasteiger partial charge in [0.15, 0.2) is 0 Å². The highest BCUT2D eigenvalue weighted by Gasteiger charge is 2.09. The molecule has 3 heteroatoms. The molecule has 0 saturated carbocycles. The van der Waals surface area contributed by atoms with Crippen LogP contribution in [0.4, 0.5) is 0 Å². The molecule has 1 heterocycles. The lowest BCUT2D eigenvalue weighted by atomic mass is 9.99. The molecule has 0 aliphatic carbocycles. The lowest BCUT2D eigenvalue weighted by Gasteiger charge is -2.07. The Morgan fingerprint density at radius 2 is 1.00 bits per heavy atom. The fraction of sp³-hybridized carbons (Fsp3) is 0.111. The summed E-state index contributed by atoms with van der Waals surface area (Å²) in [5, 5.41) is 4.36. The van der Waals surface area contributed by atoms with Gasteiger partial charge in [-0.15, -0.1) is 0 Å². The summed E-state index contributed by atoms with van der Waals surface area (Å²) in [6.45, 7) is 0. The minimum absolute atomic E-state index is 0.875. The van der Waals surface area contributed by atoms with Gasteiger partial charge in [-0.3, -0.25) is 0 Å². The van der Waals surface area contributed by atoms with Crippen LogP contribution >= 0.6 is 11.3 Å². The molecule has 0 N–H and O–H groups in total. The van der Waals surface area contributed by atoms with Crippen LogP contribution in [0, 0.1) is 0 Å². The molecule has 21 heavy (non-hydrogen) atoms. The van der Waals surface area contributed by atoms with Crippen LogP contribution in [0.3, 0.4) is 0 Å². The highest BCUT2D eigenvalue weighted by Crippen LogP contribution is 2.36. The topological polar surface area (TPSA) is 18.5 Å². The second kappa shape index (κ2) is 6.02. The van der Waals surface area contributed by atoms with Crippen molar-refractivity contribution in [2.24, 2.45) is 0 Å². The Morgan fingerprint density at radius 3 is 1.33 bits per heavy atom. The van der Waals surface area contributed by atoms with Crippen molar-refractivity contribution >= 4 is 11.3 Å². The predicted molar refractivity (Wildman–Crippen MR) is 88.3 cm³/mol. The van der Waals surface area contributed by atoms with Crippen LogP contribution in [-0.2, 0) is 0 Å². The lowest BCUT2D eigenvalue weighted by molar-refractivity contribution is 0.414. The first-order chi connectivity index (χ1) is 10.3. The van der Waals surface area contributed by atoms with Gasteiger partial charge in [-0.2, -0.15) is 11.3 Å². The van der Waals surface area contributed by atoms with Gasteiger partial charge < -0.3 is 9.47 Å².